The minimum absolute atomic E-state index is 0.152. The average Bonchev–Trinajstić information content (AvgIpc) is 2.55. The number of esters is 1. The number of fused-ring (bicyclic) bond motifs is 1. The van der Waals surface area contributed by atoms with Crippen LogP contribution >= 0.6 is 0 Å². The van der Waals surface area contributed by atoms with Crippen molar-refractivity contribution in [1.29, 1.82) is 0 Å². The van der Waals surface area contributed by atoms with E-state index in [1.165, 1.54) is 7.11 Å². The van der Waals surface area contributed by atoms with Crippen molar-refractivity contribution < 1.29 is 9.53 Å². The minimum atomic E-state index is -0.160. The van der Waals surface area contributed by atoms with Crippen molar-refractivity contribution in [3.05, 3.63) is 30.1 Å². The third-order valence-electron chi connectivity index (χ3n) is 4.38. The van der Waals surface area contributed by atoms with Crippen LogP contribution in [-0.4, -0.2) is 35.6 Å². The largest absolute Gasteiger partial charge is 0.469 e. The summed E-state index contributed by atoms with van der Waals surface area (Å²) in [6.45, 7) is 3.00. The zero-order valence-electron chi connectivity index (χ0n) is 13.1. The molecule has 0 amide bonds. The fraction of sp³-hybridized carbons (Fsp3) is 0.471. The number of ether oxygens (including phenoxy) is 1. The Morgan fingerprint density at radius 1 is 1.36 bits per heavy atom. The van der Waals surface area contributed by atoms with E-state index in [0.29, 0.717) is 6.42 Å². The number of methoxy groups -OCH3 is 1. The summed E-state index contributed by atoms with van der Waals surface area (Å²) in [7, 11) is 1.44. The average molecular weight is 299 g/mol. The monoisotopic (exact) mass is 299 g/mol. The number of nitrogens with zero attached hydrogens (tertiary/aromatic N) is 3. The van der Waals surface area contributed by atoms with Gasteiger partial charge in [-0.1, -0.05) is 12.1 Å². The number of anilines is 1. The van der Waals surface area contributed by atoms with E-state index < -0.39 is 0 Å². The van der Waals surface area contributed by atoms with Crippen molar-refractivity contribution >= 4 is 22.7 Å². The van der Waals surface area contributed by atoms with Crippen molar-refractivity contribution in [2.45, 2.75) is 38.6 Å². The maximum Gasteiger partial charge on any atom is 0.307 e. The molecule has 1 unspecified atom stereocenters. The van der Waals surface area contributed by atoms with Gasteiger partial charge in [0.15, 0.2) is 0 Å². The fourth-order valence-electron chi connectivity index (χ4n) is 3.25. The Kier molecular flexibility index (Phi) is 4.22. The van der Waals surface area contributed by atoms with E-state index in [0.717, 1.165) is 48.1 Å². The van der Waals surface area contributed by atoms with Crippen LogP contribution in [0.4, 0.5) is 5.82 Å². The normalized spacial score (nSPS) is 18.5. The molecule has 1 aromatic heterocycles. The molecule has 116 valence electrons. The summed E-state index contributed by atoms with van der Waals surface area (Å²) in [5.41, 5.74) is 2.11. The number of carbonyl (C=O) groups excluding carboxylic acids is 1. The highest BCUT2D eigenvalue weighted by molar-refractivity contribution is 5.92. The molecule has 0 bridgehead atoms. The lowest BCUT2D eigenvalue weighted by Crippen LogP contribution is -2.41. The van der Waals surface area contributed by atoms with E-state index in [2.05, 4.69) is 27.9 Å². The molecule has 0 spiro atoms. The molecule has 0 radical (unpaired) electrons. The Bertz CT molecular complexity index is 681. The van der Waals surface area contributed by atoms with Crippen LogP contribution in [-0.2, 0) is 9.53 Å². The van der Waals surface area contributed by atoms with Gasteiger partial charge in [-0.2, -0.15) is 0 Å². The fourth-order valence-corrected chi connectivity index (χ4v) is 3.25. The molecule has 1 aliphatic heterocycles. The first-order valence-corrected chi connectivity index (χ1v) is 7.74. The summed E-state index contributed by atoms with van der Waals surface area (Å²) >= 11 is 0. The van der Waals surface area contributed by atoms with Crippen LogP contribution in [0.2, 0.25) is 0 Å². The van der Waals surface area contributed by atoms with Crippen LogP contribution in [0, 0.1) is 6.92 Å². The highest BCUT2D eigenvalue weighted by Gasteiger charge is 2.27. The Balaban J connectivity index is 2.02. The molecule has 1 atom stereocenters. The number of benzene rings is 1. The third-order valence-corrected chi connectivity index (χ3v) is 4.38. The standard InChI is InChI=1S/C17H21N3O2/c1-12-6-5-8-14-16(12)17(19-11-18-14)20-9-4-3-7-13(20)10-15(21)22-2/h5-6,8,11,13H,3-4,7,9-10H2,1-2H3. The van der Waals surface area contributed by atoms with Crippen molar-refractivity contribution in [3.63, 3.8) is 0 Å². The lowest BCUT2D eigenvalue weighted by Gasteiger charge is -2.36. The summed E-state index contributed by atoms with van der Waals surface area (Å²) < 4.78 is 4.85. The number of piperidine rings is 1. The van der Waals surface area contributed by atoms with Gasteiger partial charge in [-0.3, -0.25) is 4.79 Å². The van der Waals surface area contributed by atoms with Gasteiger partial charge in [-0.25, -0.2) is 9.97 Å². The topological polar surface area (TPSA) is 55.3 Å². The predicted octanol–water partition coefficient (Wildman–Crippen LogP) is 2.86. The van der Waals surface area contributed by atoms with E-state index in [1.807, 2.05) is 12.1 Å². The van der Waals surface area contributed by atoms with Gasteiger partial charge in [0, 0.05) is 18.0 Å². The zero-order chi connectivity index (χ0) is 15.5. The zero-order valence-corrected chi connectivity index (χ0v) is 13.1. The number of hydrogen-bond donors (Lipinski definition) is 0. The van der Waals surface area contributed by atoms with Gasteiger partial charge in [0.2, 0.25) is 0 Å². The molecule has 22 heavy (non-hydrogen) atoms. The Labute approximate surface area is 130 Å². The van der Waals surface area contributed by atoms with Crippen LogP contribution in [0.3, 0.4) is 0 Å². The van der Waals surface area contributed by atoms with Gasteiger partial charge in [0.05, 0.1) is 19.0 Å². The molecule has 2 heterocycles. The van der Waals surface area contributed by atoms with Crippen LogP contribution < -0.4 is 4.90 Å². The quantitative estimate of drug-likeness (QED) is 0.816. The van der Waals surface area contributed by atoms with Gasteiger partial charge in [0.1, 0.15) is 12.1 Å². The van der Waals surface area contributed by atoms with E-state index in [1.54, 1.807) is 6.33 Å². The predicted molar refractivity (Wildman–Crippen MR) is 85.9 cm³/mol. The number of aryl methyl sites for hydroxylation is 1. The van der Waals surface area contributed by atoms with Crippen molar-refractivity contribution in [2.24, 2.45) is 0 Å². The first-order chi connectivity index (χ1) is 10.7. The summed E-state index contributed by atoms with van der Waals surface area (Å²) in [6.07, 6.45) is 5.27. The van der Waals surface area contributed by atoms with E-state index >= 15 is 0 Å². The molecular formula is C17H21N3O2. The number of carbonyl (C=O) groups is 1. The summed E-state index contributed by atoms with van der Waals surface area (Å²) in [4.78, 5) is 22.9. The lowest BCUT2D eigenvalue weighted by atomic mass is 9.98. The third kappa shape index (κ3) is 2.75. The lowest BCUT2D eigenvalue weighted by molar-refractivity contribution is -0.141. The van der Waals surface area contributed by atoms with Gasteiger partial charge >= 0.3 is 5.97 Å². The molecule has 3 rings (SSSR count). The van der Waals surface area contributed by atoms with E-state index in [-0.39, 0.29) is 12.0 Å². The van der Waals surface area contributed by atoms with Gasteiger partial charge < -0.3 is 9.64 Å². The maximum absolute atomic E-state index is 11.7. The Hall–Kier alpha value is -2.17. The minimum Gasteiger partial charge on any atom is -0.469 e. The molecule has 2 aromatic rings. The van der Waals surface area contributed by atoms with Gasteiger partial charge in [-0.15, -0.1) is 0 Å². The van der Waals surface area contributed by atoms with Crippen molar-refractivity contribution in [3.8, 4) is 0 Å². The Morgan fingerprint density at radius 2 is 2.23 bits per heavy atom. The van der Waals surface area contributed by atoms with Crippen molar-refractivity contribution in [2.75, 3.05) is 18.6 Å². The Morgan fingerprint density at radius 3 is 3.05 bits per heavy atom. The van der Waals surface area contributed by atoms with Crippen LogP contribution in [0.1, 0.15) is 31.2 Å². The molecular weight excluding hydrogens is 278 g/mol. The summed E-state index contributed by atoms with van der Waals surface area (Å²) in [5.74, 6) is 0.781. The molecule has 0 aliphatic carbocycles. The smallest absolute Gasteiger partial charge is 0.307 e. The van der Waals surface area contributed by atoms with Crippen molar-refractivity contribution in [1.82, 2.24) is 9.97 Å². The number of aromatic nitrogens is 2. The first-order valence-electron chi connectivity index (χ1n) is 7.74. The molecule has 0 saturated carbocycles. The van der Waals surface area contributed by atoms with Crippen LogP contribution in [0.5, 0.6) is 0 Å². The van der Waals surface area contributed by atoms with Crippen LogP contribution in [0.25, 0.3) is 10.9 Å². The summed E-state index contributed by atoms with van der Waals surface area (Å²) in [6, 6.07) is 6.25. The number of rotatable bonds is 3. The maximum atomic E-state index is 11.7. The molecule has 5 nitrogen and oxygen atoms in total. The molecule has 1 aliphatic rings. The molecule has 1 saturated heterocycles. The van der Waals surface area contributed by atoms with Gasteiger partial charge in [-0.05, 0) is 37.8 Å². The second-order valence-electron chi connectivity index (χ2n) is 5.79. The molecule has 0 N–H and O–H groups in total. The second kappa shape index (κ2) is 6.30. The summed E-state index contributed by atoms with van der Waals surface area (Å²) in [5, 5.41) is 1.08. The SMILES string of the molecule is COC(=O)CC1CCCCN1c1ncnc2cccc(C)c12. The van der Waals surface area contributed by atoms with E-state index in [9.17, 15) is 4.79 Å². The molecule has 1 fully saturated rings. The highest BCUT2D eigenvalue weighted by Crippen LogP contribution is 2.31. The van der Waals surface area contributed by atoms with Gasteiger partial charge in [0.25, 0.3) is 0 Å². The van der Waals surface area contributed by atoms with E-state index in [4.69, 9.17) is 4.74 Å². The molecule has 5 heteroatoms. The first kappa shape index (κ1) is 14.8. The highest BCUT2D eigenvalue weighted by atomic mass is 16.5. The molecule has 1 aromatic carbocycles. The van der Waals surface area contributed by atoms with Crippen LogP contribution in [0.15, 0.2) is 24.5 Å². The second-order valence-corrected chi connectivity index (χ2v) is 5.79. The number of hydrogen-bond acceptors (Lipinski definition) is 5.